The van der Waals surface area contributed by atoms with Gasteiger partial charge in [0, 0.05) is 54.3 Å². The number of pyridine rings is 1. The van der Waals surface area contributed by atoms with Crippen molar-refractivity contribution in [2.45, 2.75) is 29.9 Å². The first-order chi connectivity index (χ1) is 18.4. The molecular formula is C27H27FN4O5S. The third-order valence-corrected chi connectivity index (χ3v) is 8.47. The minimum Gasteiger partial charge on any atom is -0.444 e. The quantitative estimate of drug-likeness (QED) is 0.455. The van der Waals surface area contributed by atoms with E-state index >= 15 is 0 Å². The van der Waals surface area contributed by atoms with Crippen molar-refractivity contribution in [3.63, 3.8) is 0 Å². The van der Waals surface area contributed by atoms with E-state index in [1.807, 2.05) is 17.0 Å². The lowest BCUT2D eigenvalue weighted by Gasteiger charge is -2.26. The zero-order chi connectivity index (χ0) is 26.4. The number of amides is 2. The predicted octanol–water partition coefficient (Wildman–Crippen LogP) is 2.99. The molecule has 2 N–H and O–H groups in total. The van der Waals surface area contributed by atoms with Crippen LogP contribution in [0.1, 0.15) is 17.9 Å². The molecule has 3 aromatic rings. The second-order valence-corrected chi connectivity index (χ2v) is 10.8. The number of aromatic nitrogens is 1. The predicted molar refractivity (Wildman–Crippen MR) is 142 cm³/mol. The van der Waals surface area contributed by atoms with Crippen LogP contribution in [0.5, 0.6) is 0 Å². The fourth-order valence-corrected chi connectivity index (χ4v) is 6.41. The van der Waals surface area contributed by atoms with Gasteiger partial charge < -0.3 is 24.6 Å². The summed E-state index contributed by atoms with van der Waals surface area (Å²) in [6.07, 6.45) is -0.267. The SMILES string of the molecule is O=C1CSc2ccc(N3C[C@H](CCN(CCO)C[C@@H]4Cn5c(=O)ccc6ccc(F)c4c65)OC3=O)cc2N1. The number of anilines is 2. The maximum atomic E-state index is 14.9. The van der Waals surface area contributed by atoms with Crippen LogP contribution in [-0.4, -0.2) is 71.2 Å². The Hall–Kier alpha value is -3.41. The number of halogens is 1. The number of carbonyl (C=O) groups is 2. The molecule has 6 rings (SSSR count). The van der Waals surface area contributed by atoms with Crippen LogP contribution < -0.4 is 15.8 Å². The largest absolute Gasteiger partial charge is 0.444 e. The number of aliphatic hydroxyl groups excluding tert-OH is 1. The molecule has 0 saturated carbocycles. The highest BCUT2D eigenvalue weighted by atomic mass is 32.2. The molecule has 3 aliphatic rings. The number of hydrogen-bond donors (Lipinski definition) is 2. The Morgan fingerprint density at radius 3 is 2.79 bits per heavy atom. The second-order valence-electron chi connectivity index (χ2n) is 9.82. The van der Waals surface area contributed by atoms with Crippen molar-refractivity contribution in [1.29, 1.82) is 0 Å². The van der Waals surface area contributed by atoms with E-state index in [1.165, 1.54) is 23.9 Å². The van der Waals surface area contributed by atoms with Crippen molar-refractivity contribution < 1.29 is 23.8 Å². The van der Waals surface area contributed by atoms with E-state index in [0.717, 1.165) is 10.3 Å². The Bertz CT molecular complexity index is 1490. The highest BCUT2D eigenvalue weighted by Crippen LogP contribution is 2.37. The first-order valence-corrected chi connectivity index (χ1v) is 13.6. The molecule has 0 bridgehead atoms. The first kappa shape index (κ1) is 24.9. The topological polar surface area (TPSA) is 104 Å². The van der Waals surface area contributed by atoms with E-state index in [-0.39, 0.29) is 35.9 Å². The van der Waals surface area contributed by atoms with Gasteiger partial charge in [-0.15, -0.1) is 11.8 Å². The van der Waals surface area contributed by atoms with Crippen LogP contribution in [-0.2, 0) is 16.1 Å². The van der Waals surface area contributed by atoms with Crippen LogP contribution in [0.15, 0.2) is 52.2 Å². The summed E-state index contributed by atoms with van der Waals surface area (Å²) in [6.45, 7) is 2.05. The molecule has 4 heterocycles. The summed E-state index contributed by atoms with van der Waals surface area (Å²) in [4.78, 5) is 41.4. The van der Waals surface area contributed by atoms with Crippen LogP contribution >= 0.6 is 11.8 Å². The Balaban J connectivity index is 1.13. The summed E-state index contributed by atoms with van der Waals surface area (Å²) in [5, 5.41) is 13.4. The van der Waals surface area contributed by atoms with E-state index in [9.17, 15) is 23.9 Å². The Labute approximate surface area is 222 Å². The number of fused-ring (bicyclic) bond motifs is 1. The highest BCUT2D eigenvalue weighted by molar-refractivity contribution is 8.00. The zero-order valence-corrected chi connectivity index (χ0v) is 21.4. The standard InChI is InChI=1S/C27H27FN4O5S/c28-20-4-1-16-2-6-24(35)32-13-17(25(20)26(16)32)12-30(9-10-33)8-7-19-14-31(27(36)37-19)18-3-5-22-21(11-18)29-23(34)15-38-22/h1-6,11,17,19,33H,7-10,12-15H2,(H,29,34)/t17-,19+/m1/s1. The molecule has 1 saturated heterocycles. The molecule has 1 aromatic heterocycles. The van der Waals surface area contributed by atoms with Crippen LogP contribution in [0.25, 0.3) is 10.9 Å². The molecule has 9 nitrogen and oxygen atoms in total. The fraction of sp³-hybridized carbons (Fsp3) is 0.370. The van der Waals surface area contributed by atoms with E-state index < -0.39 is 6.09 Å². The van der Waals surface area contributed by atoms with Crippen molar-refractivity contribution in [3.8, 4) is 0 Å². The molecule has 1 fully saturated rings. The monoisotopic (exact) mass is 538 g/mol. The number of hydrogen-bond acceptors (Lipinski definition) is 7. The minimum absolute atomic E-state index is 0.0677. The number of nitrogens with zero attached hydrogens (tertiary/aromatic N) is 3. The third-order valence-electron chi connectivity index (χ3n) is 7.39. The lowest BCUT2D eigenvalue weighted by molar-refractivity contribution is -0.113. The van der Waals surface area contributed by atoms with Gasteiger partial charge in [0.15, 0.2) is 0 Å². The number of cyclic esters (lactones) is 1. The number of benzene rings is 2. The number of rotatable bonds is 8. The molecule has 2 atom stereocenters. The van der Waals surface area contributed by atoms with Gasteiger partial charge in [-0.3, -0.25) is 14.5 Å². The lowest BCUT2D eigenvalue weighted by atomic mass is 9.98. The summed E-state index contributed by atoms with van der Waals surface area (Å²) < 4.78 is 22.2. The van der Waals surface area contributed by atoms with Crippen molar-refractivity contribution >= 4 is 46.0 Å². The van der Waals surface area contributed by atoms with Crippen molar-refractivity contribution in [2.75, 3.05) is 48.8 Å². The molecule has 0 aliphatic carbocycles. The highest BCUT2D eigenvalue weighted by Gasteiger charge is 2.34. The van der Waals surface area contributed by atoms with Gasteiger partial charge >= 0.3 is 6.09 Å². The van der Waals surface area contributed by atoms with E-state index in [4.69, 9.17) is 4.74 Å². The normalized spacial score (nSPS) is 20.2. The third kappa shape index (κ3) is 4.55. The van der Waals surface area contributed by atoms with E-state index in [2.05, 4.69) is 5.32 Å². The van der Waals surface area contributed by atoms with Gasteiger partial charge in [-0.2, -0.15) is 0 Å². The first-order valence-electron chi connectivity index (χ1n) is 12.6. The zero-order valence-electron chi connectivity index (χ0n) is 20.6. The number of thioether (sulfide) groups is 1. The summed E-state index contributed by atoms with van der Waals surface area (Å²) >= 11 is 1.46. The lowest BCUT2D eigenvalue weighted by Crippen LogP contribution is -2.35. The van der Waals surface area contributed by atoms with Gasteiger partial charge in [0.2, 0.25) is 5.91 Å². The van der Waals surface area contributed by atoms with Gasteiger partial charge in [0.25, 0.3) is 5.56 Å². The van der Waals surface area contributed by atoms with Crippen LogP contribution in [0.4, 0.5) is 20.6 Å². The van der Waals surface area contributed by atoms with E-state index in [1.54, 1.807) is 27.7 Å². The van der Waals surface area contributed by atoms with Gasteiger partial charge in [-0.25, -0.2) is 9.18 Å². The molecule has 0 spiro atoms. The molecule has 0 unspecified atom stereocenters. The molecule has 11 heteroatoms. The minimum atomic E-state index is -0.446. The molecule has 38 heavy (non-hydrogen) atoms. The summed E-state index contributed by atoms with van der Waals surface area (Å²) in [6, 6.07) is 11.9. The number of ether oxygens (including phenoxy) is 1. The number of nitrogens with one attached hydrogen (secondary N) is 1. The molecule has 3 aliphatic heterocycles. The molecule has 2 amide bonds. The van der Waals surface area contributed by atoms with Gasteiger partial charge in [0.05, 0.1) is 30.1 Å². The molecular weight excluding hydrogens is 511 g/mol. The average molecular weight is 539 g/mol. The Kier molecular flexibility index (Phi) is 6.58. The maximum absolute atomic E-state index is 14.9. The number of carbonyl (C=O) groups excluding carboxylic acids is 2. The second kappa shape index (κ2) is 10.0. The van der Waals surface area contributed by atoms with Gasteiger partial charge in [-0.05, 0) is 48.2 Å². The fourth-order valence-electron chi connectivity index (χ4n) is 5.62. The Morgan fingerprint density at radius 1 is 1.11 bits per heavy atom. The molecule has 2 aromatic carbocycles. The smallest absolute Gasteiger partial charge is 0.414 e. The average Bonchev–Trinajstić information content (AvgIpc) is 3.47. The van der Waals surface area contributed by atoms with Crippen molar-refractivity contribution in [2.24, 2.45) is 0 Å². The van der Waals surface area contributed by atoms with Crippen LogP contribution in [0, 0.1) is 5.82 Å². The van der Waals surface area contributed by atoms with Crippen LogP contribution in [0.2, 0.25) is 0 Å². The summed E-state index contributed by atoms with van der Waals surface area (Å²) in [5.74, 6) is -0.262. The maximum Gasteiger partial charge on any atom is 0.414 e. The van der Waals surface area contributed by atoms with Crippen molar-refractivity contribution in [3.05, 3.63) is 64.2 Å². The number of aliphatic hydroxyl groups is 1. The van der Waals surface area contributed by atoms with Crippen LogP contribution in [0.3, 0.4) is 0 Å². The van der Waals surface area contributed by atoms with Gasteiger partial charge in [-0.1, -0.05) is 0 Å². The van der Waals surface area contributed by atoms with E-state index in [0.29, 0.717) is 67.4 Å². The summed E-state index contributed by atoms with van der Waals surface area (Å²) in [5.41, 5.74) is 2.38. The molecule has 198 valence electrons. The molecule has 0 radical (unpaired) electrons. The Morgan fingerprint density at radius 2 is 1.95 bits per heavy atom. The summed E-state index contributed by atoms with van der Waals surface area (Å²) in [7, 11) is 0. The van der Waals surface area contributed by atoms with Gasteiger partial charge in [0.1, 0.15) is 11.9 Å². The van der Waals surface area contributed by atoms with Crippen molar-refractivity contribution in [1.82, 2.24) is 9.47 Å².